The van der Waals surface area contributed by atoms with Crippen LogP contribution in [0.15, 0.2) is 36.4 Å². The third kappa shape index (κ3) is 4.18. The molecule has 0 aromatic heterocycles. The van der Waals surface area contributed by atoms with Gasteiger partial charge in [-0.15, -0.1) is 0 Å². The number of hydrogen-bond acceptors (Lipinski definition) is 5. The number of ether oxygens (including phenoxy) is 5. The van der Waals surface area contributed by atoms with Gasteiger partial charge < -0.3 is 23.7 Å². The first kappa shape index (κ1) is 21.1. The van der Waals surface area contributed by atoms with Crippen molar-refractivity contribution in [3.63, 3.8) is 0 Å². The fourth-order valence-corrected chi connectivity index (χ4v) is 3.68. The lowest BCUT2D eigenvalue weighted by atomic mass is 9.83. The Morgan fingerprint density at radius 3 is 2.10 bits per heavy atom. The molecule has 5 rings (SSSR count). The Labute approximate surface area is 172 Å². The van der Waals surface area contributed by atoms with Crippen molar-refractivity contribution in [2.24, 2.45) is 5.41 Å². The van der Waals surface area contributed by atoms with Crippen LogP contribution in [0.1, 0.15) is 30.9 Å². The van der Waals surface area contributed by atoms with E-state index in [9.17, 15) is 13.2 Å². The Morgan fingerprint density at radius 1 is 0.933 bits per heavy atom. The maximum atomic E-state index is 13.2. The molecule has 0 amide bonds. The summed E-state index contributed by atoms with van der Waals surface area (Å²) < 4.78 is 67.5. The Bertz CT molecular complexity index is 839. The lowest BCUT2D eigenvalue weighted by Crippen LogP contribution is -2.58. The van der Waals surface area contributed by atoms with Crippen molar-refractivity contribution in [3.8, 4) is 5.75 Å². The molecule has 2 aromatic rings. The normalized spacial score (nSPS) is 25.5. The summed E-state index contributed by atoms with van der Waals surface area (Å²) in [5.74, 6) is -5.48. The monoisotopic (exact) mass is 424 g/mol. The molecule has 3 saturated heterocycles. The van der Waals surface area contributed by atoms with E-state index in [-0.39, 0.29) is 24.6 Å². The fourth-order valence-electron chi connectivity index (χ4n) is 3.68. The molecule has 0 unspecified atom stereocenters. The van der Waals surface area contributed by atoms with Crippen LogP contribution in [0.5, 0.6) is 5.75 Å². The molecule has 8 heteroatoms. The van der Waals surface area contributed by atoms with Gasteiger partial charge in [-0.2, -0.15) is 0 Å². The molecular weight excluding hydrogens is 401 g/mol. The van der Waals surface area contributed by atoms with E-state index in [2.05, 4.69) is 6.92 Å². The van der Waals surface area contributed by atoms with Gasteiger partial charge in [0.1, 0.15) is 5.75 Å². The van der Waals surface area contributed by atoms with Gasteiger partial charge in [0.15, 0.2) is 24.2 Å². The van der Waals surface area contributed by atoms with Gasteiger partial charge in [0.2, 0.25) is 0 Å². The Balaban J connectivity index is 1.29. The highest BCUT2D eigenvalue weighted by Crippen LogP contribution is 2.46. The maximum absolute atomic E-state index is 13.2. The molecule has 162 valence electrons. The zero-order valence-corrected chi connectivity index (χ0v) is 16.6. The van der Waals surface area contributed by atoms with Crippen molar-refractivity contribution in [1.29, 1.82) is 0 Å². The summed E-state index contributed by atoms with van der Waals surface area (Å²) >= 11 is 0. The highest BCUT2D eigenvalue weighted by molar-refractivity contribution is 5.26. The van der Waals surface area contributed by atoms with Crippen molar-refractivity contribution in [3.05, 3.63) is 65.0 Å². The van der Waals surface area contributed by atoms with Crippen LogP contribution in [-0.4, -0.2) is 26.6 Å². The molecule has 3 fully saturated rings. The van der Waals surface area contributed by atoms with E-state index in [0.717, 1.165) is 36.1 Å². The summed E-state index contributed by atoms with van der Waals surface area (Å²) in [5, 5.41) is 0. The van der Waals surface area contributed by atoms with Crippen molar-refractivity contribution >= 4 is 0 Å². The van der Waals surface area contributed by atoms with Gasteiger partial charge >= 0.3 is 5.97 Å². The first-order valence-corrected chi connectivity index (χ1v) is 9.82. The minimum Gasteiger partial charge on any atom is -0.467 e. The number of benzene rings is 2. The summed E-state index contributed by atoms with van der Waals surface area (Å²) in [6.45, 7) is 3.91. The number of halogens is 3. The molecule has 3 aliphatic heterocycles. The van der Waals surface area contributed by atoms with E-state index in [0.29, 0.717) is 19.8 Å². The Morgan fingerprint density at radius 2 is 1.53 bits per heavy atom. The van der Waals surface area contributed by atoms with E-state index in [4.69, 9.17) is 23.7 Å². The van der Waals surface area contributed by atoms with Gasteiger partial charge in [-0.1, -0.05) is 37.6 Å². The number of fused-ring (bicyclic) bond motifs is 3. The van der Waals surface area contributed by atoms with Crippen LogP contribution < -0.4 is 4.74 Å². The molecule has 0 atom stereocenters. The largest absolute Gasteiger partial charge is 0.467 e. The standard InChI is InChI=1S/C22H23F3O5/c1-2-7-21-11-28-22(29-12-21,30-13-21)16-5-3-15(4-6-16)10-26-14-27-17-8-18(23)20(25)19(24)9-17/h3-6,8-9H,2,7,10-14H2,1H3. The molecule has 3 aliphatic rings. The minimum absolute atomic E-state index is 0.0549. The molecular formula is C22H23F3O5. The SMILES string of the molecule is CCCC12COC(c3ccc(COCOc4cc(F)c(F)c(F)c4)cc3)(OC1)OC2. The summed E-state index contributed by atoms with van der Waals surface area (Å²) in [7, 11) is 0. The molecule has 0 spiro atoms. The summed E-state index contributed by atoms with van der Waals surface area (Å²) in [5.41, 5.74) is 1.56. The highest BCUT2D eigenvalue weighted by Gasteiger charge is 2.53. The molecule has 2 bridgehead atoms. The minimum atomic E-state index is -1.54. The molecule has 0 aliphatic carbocycles. The summed E-state index contributed by atoms with van der Waals surface area (Å²) in [6, 6.07) is 8.92. The Hall–Kier alpha value is -2.13. The highest BCUT2D eigenvalue weighted by atomic mass is 19.2. The average Bonchev–Trinajstić information content (AvgIpc) is 2.77. The van der Waals surface area contributed by atoms with Crippen molar-refractivity contribution < 1.29 is 36.9 Å². The first-order valence-electron chi connectivity index (χ1n) is 9.82. The summed E-state index contributed by atoms with van der Waals surface area (Å²) in [6.07, 6.45) is 2.05. The van der Waals surface area contributed by atoms with E-state index in [1.165, 1.54) is 0 Å². The summed E-state index contributed by atoms with van der Waals surface area (Å²) in [4.78, 5) is 0. The van der Waals surface area contributed by atoms with Gasteiger partial charge in [-0.05, 0) is 12.0 Å². The third-order valence-electron chi connectivity index (χ3n) is 5.33. The molecule has 30 heavy (non-hydrogen) atoms. The quantitative estimate of drug-likeness (QED) is 0.351. The van der Waals surface area contributed by atoms with Gasteiger partial charge in [0.25, 0.3) is 0 Å². The van der Waals surface area contributed by atoms with Gasteiger partial charge in [0, 0.05) is 23.1 Å². The second-order valence-corrected chi connectivity index (χ2v) is 7.68. The van der Waals surface area contributed by atoms with Crippen molar-refractivity contribution in [1.82, 2.24) is 0 Å². The van der Waals surface area contributed by atoms with E-state index in [1.54, 1.807) is 0 Å². The zero-order valence-electron chi connectivity index (χ0n) is 16.6. The zero-order chi connectivity index (χ0) is 21.2. The van der Waals surface area contributed by atoms with Crippen LogP contribution in [0.4, 0.5) is 13.2 Å². The number of hydrogen-bond donors (Lipinski definition) is 0. The van der Waals surface area contributed by atoms with Crippen LogP contribution in [0.25, 0.3) is 0 Å². The molecule has 3 heterocycles. The third-order valence-corrected chi connectivity index (χ3v) is 5.33. The second-order valence-electron chi connectivity index (χ2n) is 7.68. The predicted molar refractivity (Wildman–Crippen MR) is 99.9 cm³/mol. The molecule has 0 radical (unpaired) electrons. The fraction of sp³-hybridized carbons (Fsp3) is 0.455. The molecule has 2 aromatic carbocycles. The van der Waals surface area contributed by atoms with E-state index >= 15 is 0 Å². The maximum Gasteiger partial charge on any atom is 0.312 e. The Kier molecular flexibility index (Phi) is 6.02. The van der Waals surface area contributed by atoms with Crippen molar-refractivity contribution in [2.75, 3.05) is 26.6 Å². The predicted octanol–water partition coefficient (Wildman–Crippen LogP) is 4.63. The lowest BCUT2D eigenvalue weighted by Gasteiger charge is -2.51. The van der Waals surface area contributed by atoms with Crippen LogP contribution in [-0.2, 0) is 31.5 Å². The first-order chi connectivity index (χ1) is 14.5. The van der Waals surface area contributed by atoms with Crippen LogP contribution in [0.3, 0.4) is 0 Å². The van der Waals surface area contributed by atoms with Crippen LogP contribution in [0.2, 0.25) is 0 Å². The number of rotatable bonds is 8. The van der Waals surface area contributed by atoms with E-state index < -0.39 is 23.4 Å². The van der Waals surface area contributed by atoms with Crippen LogP contribution >= 0.6 is 0 Å². The second kappa shape index (κ2) is 8.55. The van der Waals surface area contributed by atoms with E-state index in [1.807, 2.05) is 24.3 Å². The van der Waals surface area contributed by atoms with Crippen LogP contribution in [0, 0.1) is 22.9 Å². The smallest absolute Gasteiger partial charge is 0.312 e. The molecule has 0 saturated carbocycles. The van der Waals surface area contributed by atoms with Gasteiger partial charge in [0.05, 0.1) is 26.4 Å². The average molecular weight is 424 g/mol. The van der Waals surface area contributed by atoms with Gasteiger partial charge in [-0.3, -0.25) is 0 Å². The lowest BCUT2D eigenvalue weighted by molar-refractivity contribution is -0.480. The van der Waals surface area contributed by atoms with Gasteiger partial charge in [-0.25, -0.2) is 13.2 Å². The molecule has 5 nitrogen and oxygen atoms in total. The topological polar surface area (TPSA) is 46.2 Å². The van der Waals surface area contributed by atoms with Crippen molar-refractivity contribution in [2.45, 2.75) is 32.3 Å². The molecule has 0 N–H and O–H groups in total.